The third kappa shape index (κ3) is 4.91. The molecule has 0 aliphatic heterocycles. The number of carbonyl (C=O) groups is 1. The van der Waals surface area contributed by atoms with E-state index in [1.54, 1.807) is 6.07 Å². The molecule has 33 heavy (non-hydrogen) atoms. The van der Waals surface area contributed by atoms with E-state index in [1.807, 2.05) is 55.5 Å². The lowest BCUT2D eigenvalue weighted by Crippen LogP contribution is -2.32. The van der Waals surface area contributed by atoms with Crippen molar-refractivity contribution in [2.75, 3.05) is 12.0 Å². The average molecular weight is 485 g/mol. The number of benzene rings is 2. The average Bonchev–Trinajstić information content (AvgIpc) is 3.22. The number of carboxylic acids is 1. The van der Waals surface area contributed by atoms with Gasteiger partial charge in [0.25, 0.3) is 5.89 Å². The van der Waals surface area contributed by atoms with E-state index in [1.165, 1.54) is 18.4 Å². The van der Waals surface area contributed by atoms with Crippen molar-refractivity contribution < 1.29 is 22.8 Å². The van der Waals surface area contributed by atoms with E-state index in [2.05, 4.69) is 10.1 Å². The molecule has 0 spiro atoms. The topological polar surface area (TPSA) is 110 Å². The zero-order valence-electron chi connectivity index (χ0n) is 17.9. The van der Waals surface area contributed by atoms with Crippen LogP contribution < -0.4 is 0 Å². The Morgan fingerprint density at radius 2 is 1.94 bits per heavy atom. The van der Waals surface area contributed by atoms with Gasteiger partial charge in [0.05, 0.1) is 16.3 Å². The fourth-order valence-corrected chi connectivity index (χ4v) is 5.83. The molecule has 1 aliphatic carbocycles. The van der Waals surface area contributed by atoms with Crippen LogP contribution in [-0.2, 0) is 9.84 Å². The smallest absolute Gasteiger partial charge is 0.337 e. The number of carboxylic acid groups (broad SMARTS) is 1. The molecule has 2 atom stereocenters. The maximum absolute atomic E-state index is 12.3. The lowest BCUT2D eigenvalue weighted by molar-refractivity contribution is 0.0697. The Labute approximate surface area is 196 Å². The fourth-order valence-electron chi connectivity index (χ4n) is 4.18. The molecule has 1 heterocycles. The van der Waals surface area contributed by atoms with Crippen molar-refractivity contribution in [1.82, 2.24) is 10.1 Å². The van der Waals surface area contributed by atoms with Gasteiger partial charge >= 0.3 is 5.97 Å². The summed E-state index contributed by atoms with van der Waals surface area (Å²) >= 11 is 6.06. The number of rotatable bonds is 6. The fraction of sp³-hybridized carbons (Fsp3) is 0.208. The first-order valence-corrected chi connectivity index (χ1v) is 12.5. The number of aromatic nitrogens is 2. The highest BCUT2D eigenvalue weighted by molar-refractivity contribution is 7.90. The number of nitrogens with zero attached hydrogens (tertiary/aromatic N) is 2. The molecular weight excluding hydrogens is 464 g/mol. The lowest BCUT2D eigenvalue weighted by atomic mass is 9.71. The second-order valence-electron chi connectivity index (χ2n) is 8.35. The SMILES string of the molecule is CC1(CS(C)(=O)=O)C=C(c2nc(-c3ccc(C(=O)O)c(Cl)c3)no2)C=CC1c1ccccc1. The molecule has 1 N–H and O–H groups in total. The summed E-state index contributed by atoms with van der Waals surface area (Å²) in [6, 6.07) is 14.1. The van der Waals surface area contributed by atoms with Crippen LogP contribution in [0.4, 0.5) is 0 Å². The molecule has 2 unspecified atom stereocenters. The molecule has 0 amide bonds. The molecule has 7 nitrogen and oxygen atoms in total. The highest BCUT2D eigenvalue weighted by Crippen LogP contribution is 2.45. The van der Waals surface area contributed by atoms with Crippen LogP contribution in [0.25, 0.3) is 17.0 Å². The van der Waals surface area contributed by atoms with Gasteiger partial charge in [-0.25, -0.2) is 13.2 Å². The van der Waals surface area contributed by atoms with Crippen molar-refractivity contribution in [3.05, 3.63) is 88.8 Å². The van der Waals surface area contributed by atoms with Crippen molar-refractivity contribution in [3.8, 4) is 11.4 Å². The Kier molecular flexibility index (Phi) is 5.99. The van der Waals surface area contributed by atoms with Gasteiger partial charge in [0, 0.05) is 28.7 Å². The van der Waals surface area contributed by atoms with Crippen molar-refractivity contribution in [3.63, 3.8) is 0 Å². The van der Waals surface area contributed by atoms with Gasteiger partial charge in [0.15, 0.2) is 0 Å². The first kappa shape index (κ1) is 22.9. The van der Waals surface area contributed by atoms with Gasteiger partial charge in [-0.15, -0.1) is 0 Å². The van der Waals surface area contributed by atoms with Gasteiger partial charge < -0.3 is 9.63 Å². The van der Waals surface area contributed by atoms with Gasteiger partial charge in [-0.1, -0.05) is 78.3 Å². The summed E-state index contributed by atoms with van der Waals surface area (Å²) in [6.07, 6.45) is 6.89. The van der Waals surface area contributed by atoms with Crippen molar-refractivity contribution in [1.29, 1.82) is 0 Å². The summed E-state index contributed by atoms with van der Waals surface area (Å²) in [7, 11) is -3.29. The summed E-state index contributed by atoms with van der Waals surface area (Å²) in [6.45, 7) is 1.90. The van der Waals surface area contributed by atoms with E-state index in [0.29, 0.717) is 11.1 Å². The Bertz CT molecular complexity index is 1380. The van der Waals surface area contributed by atoms with Crippen LogP contribution in [0.5, 0.6) is 0 Å². The number of halogens is 1. The molecule has 4 rings (SSSR count). The van der Waals surface area contributed by atoms with Crippen LogP contribution in [0.1, 0.15) is 34.7 Å². The Morgan fingerprint density at radius 3 is 2.58 bits per heavy atom. The Hall–Kier alpha value is -3.23. The van der Waals surface area contributed by atoms with E-state index < -0.39 is 21.2 Å². The van der Waals surface area contributed by atoms with Gasteiger partial charge in [0.2, 0.25) is 5.82 Å². The third-order valence-electron chi connectivity index (χ3n) is 5.53. The normalized spacial score (nSPS) is 20.5. The highest BCUT2D eigenvalue weighted by atomic mass is 35.5. The minimum atomic E-state index is -3.29. The first-order valence-electron chi connectivity index (χ1n) is 10.1. The van der Waals surface area contributed by atoms with Gasteiger partial charge in [-0.05, 0) is 17.7 Å². The van der Waals surface area contributed by atoms with Crippen LogP contribution in [0.2, 0.25) is 5.02 Å². The van der Waals surface area contributed by atoms with Crippen molar-refractivity contribution >= 4 is 33.0 Å². The van der Waals surface area contributed by atoms with Crippen molar-refractivity contribution in [2.24, 2.45) is 5.41 Å². The molecule has 1 aliphatic rings. The Morgan fingerprint density at radius 1 is 1.21 bits per heavy atom. The number of allylic oxidation sites excluding steroid dienone is 4. The predicted molar refractivity (Wildman–Crippen MR) is 126 cm³/mol. The maximum Gasteiger partial charge on any atom is 0.337 e. The van der Waals surface area contributed by atoms with E-state index in [9.17, 15) is 13.2 Å². The summed E-state index contributed by atoms with van der Waals surface area (Å²) in [4.78, 5) is 15.6. The van der Waals surface area contributed by atoms with Crippen LogP contribution in [0.15, 0.2) is 71.3 Å². The molecule has 0 bridgehead atoms. The van der Waals surface area contributed by atoms with Gasteiger partial charge in [-0.2, -0.15) is 4.98 Å². The minimum Gasteiger partial charge on any atom is -0.478 e. The zero-order valence-corrected chi connectivity index (χ0v) is 19.5. The Balaban J connectivity index is 1.71. The van der Waals surface area contributed by atoms with Crippen molar-refractivity contribution in [2.45, 2.75) is 12.8 Å². The molecule has 0 fully saturated rings. The number of hydrogen-bond donors (Lipinski definition) is 1. The number of aromatic carboxylic acids is 1. The molecule has 0 saturated carbocycles. The summed E-state index contributed by atoms with van der Waals surface area (Å²) < 4.78 is 30.0. The monoisotopic (exact) mass is 484 g/mol. The molecule has 9 heteroatoms. The zero-order chi connectivity index (χ0) is 23.8. The van der Waals surface area contributed by atoms with Crippen LogP contribution in [-0.4, -0.2) is 41.6 Å². The first-order chi connectivity index (χ1) is 15.6. The third-order valence-corrected chi connectivity index (χ3v) is 6.99. The maximum atomic E-state index is 12.3. The number of sulfone groups is 1. The molecule has 3 aromatic rings. The molecule has 170 valence electrons. The predicted octanol–water partition coefficient (Wildman–Crippen LogP) is 4.88. The molecule has 1 aromatic heterocycles. The summed E-state index contributed by atoms with van der Waals surface area (Å²) in [5.74, 6) is -0.863. The second kappa shape index (κ2) is 8.61. The molecule has 0 saturated heterocycles. The second-order valence-corrected chi connectivity index (χ2v) is 10.9. The largest absolute Gasteiger partial charge is 0.478 e. The summed E-state index contributed by atoms with van der Waals surface area (Å²) in [5, 5.41) is 13.2. The van der Waals surface area contributed by atoms with Gasteiger partial charge in [0.1, 0.15) is 9.84 Å². The number of hydrogen-bond acceptors (Lipinski definition) is 6. The quantitative estimate of drug-likeness (QED) is 0.531. The highest BCUT2D eigenvalue weighted by Gasteiger charge is 2.38. The molecular formula is C24H21ClN2O5S. The van der Waals surface area contributed by atoms with Crippen LogP contribution in [0.3, 0.4) is 0 Å². The van der Waals surface area contributed by atoms with E-state index in [4.69, 9.17) is 21.2 Å². The summed E-state index contributed by atoms with van der Waals surface area (Å²) in [5.41, 5.74) is 1.36. The van der Waals surface area contributed by atoms with E-state index >= 15 is 0 Å². The van der Waals surface area contributed by atoms with Crippen LogP contribution in [0, 0.1) is 5.41 Å². The molecule has 2 aromatic carbocycles. The minimum absolute atomic E-state index is 0.0226. The van der Waals surface area contributed by atoms with E-state index in [-0.39, 0.29) is 34.0 Å². The van der Waals surface area contributed by atoms with Gasteiger partial charge in [-0.3, -0.25) is 0 Å². The lowest BCUT2D eigenvalue weighted by Gasteiger charge is -2.36. The van der Waals surface area contributed by atoms with E-state index in [0.717, 1.165) is 5.56 Å². The van der Waals surface area contributed by atoms with Crippen LogP contribution >= 0.6 is 11.6 Å². The molecule has 0 radical (unpaired) electrons. The standard InChI is InChI=1S/C24H21ClN2O5S/c1-24(14-33(2,30)31)13-17(9-11-19(24)15-6-4-3-5-7-15)22-26-21(27-32-22)16-8-10-18(23(28)29)20(25)12-16/h3-13,19H,14H2,1-2H3,(H,28,29).